The lowest BCUT2D eigenvalue weighted by Gasteiger charge is -2.28. The molecule has 1 amide bonds. The fourth-order valence-corrected chi connectivity index (χ4v) is 3.53. The maximum absolute atomic E-state index is 12.9. The Labute approximate surface area is 135 Å². The molecule has 0 saturated heterocycles. The number of carboxylic acids is 1. The molecular weight excluding hydrogens is 292 g/mol. The van der Waals surface area contributed by atoms with E-state index in [1.807, 2.05) is 22.5 Å². The fourth-order valence-electron chi connectivity index (χ4n) is 3.53. The Morgan fingerprint density at radius 1 is 1.30 bits per heavy atom. The Morgan fingerprint density at radius 3 is 2.74 bits per heavy atom. The number of rotatable bonds is 5. The zero-order chi connectivity index (χ0) is 16.6. The SMILES string of the molecule is CCCCN1CCc2c(n(CC)c3c(C(=O)O)cccc23)C1=O. The molecule has 5 nitrogen and oxygen atoms in total. The number of carbonyl (C=O) groups is 2. The van der Waals surface area contributed by atoms with Gasteiger partial charge in [0.25, 0.3) is 5.91 Å². The van der Waals surface area contributed by atoms with Crippen LogP contribution in [-0.2, 0) is 13.0 Å². The number of fused-ring (bicyclic) bond motifs is 3. The van der Waals surface area contributed by atoms with Crippen LogP contribution in [0.3, 0.4) is 0 Å². The molecule has 1 aromatic carbocycles. The molecule has 0 bridgehead atoms. The van der Waals surface area contributed by atoms with E-state index in [1.54, 1.807) is 12.1 Å². The number of aromatic carboxylic acids is 1. The average molecular weight is 314 g/mol. The van der Waals surface area contributed by atoms with Crippen molar-refractivity contribution in [2.75, 3.05) is 13.1 Å². The van der Waals surface area contributed by atoms with Gasteiger partial charge in [-0.15, -0.1) is 0 Å². The molecular formula is C18H22N2O3. The van der Waals surface area contributed by atoms with E-state index < -0.39 is 5.97 Å². The van der Waals surface area contributed by atoms with Crippen molar-refractivity contribution in [3.05, 3.63) is 35.0 Å². The molecule has 0 saturated carbocycles. The number of carboxylic acid groups (broad SMARTS) is 1. The van der Waals surface area contributed by atoms with Crippen LogP contribution in [0.1, 0.15) is 53.1 Å². The number of hydrogen-bond acceptors (Lipinski definition) is 2. The quantitative estimate of drug-likeness (QED) is 0.922. The third-order valence-corrected chi connectivity index (χ3v) is 4.64. The van der Waals surface area contributed by atoms with Crippen molar-refractivity contribution < 1.29 is 14.7 Å². The third-order valence-electron chi connectivity index (χ3n) is 4.64. The van der Waals surface area contributed by atoms with Crippen LogP contribution < -0.4 is 0 Å². The Kier molecular flexibility index (Phi) is 4.11. The maximum Gasteiger partial charge on any atom is 0.337 e. The minimum absolute atomic E-state index is 0.0362. The van der Waals surface area contributed by atoms with Crippen molar-refractivity contribution >= 4 is 22.8 Å². The zero-order valence-electron chi connectivity index (χ0n) is 13.6. The first-order chi connectivity index (χ1) is 11.1. The van der Waals surface area contributed by atoms with Gasteiger partial charge in [0.2, 0.25) is 0 Å². The normalized spacial score (nSPS) is 14.3. The average Bonchev–Trinajstić information content (AvgIpc) is 2.88. The highest BCUT2D eigenvalue weighted by molar-refractivity contribution is 6.09. The summed E-state index contributed by atoms with van der Waals surface area (Å²) in [6.45, 7) is 6.14. The van der Waals surface area contributed by atoms with Gasteiger partial charge >= 0.3 is 5.97 Å². The molecule has 0 aliphatic carbocycles. The number of aromatic nitrogens is 1. The standard InChI is InChI=1S/C18H22N2O3/c1-3-5-10-19-11-9-13-12-7-6-8-14(18(22)23)15(12)20(4-2)16(13)17(19)21/h6-8H,3-5,9-11H2,1-2H3,(H,22,23). The minimum atomic E-state index is -0.949. The molecule has 122 valence electrons. The van der Waals surface area contributed by atoms with Crippen molar-refractivity contribution in [1.29, 1.82) is 0 Å². The molecule has 1 aromatic heterocycles. The van der Waals surface area contributed by atoms with Gasteiger partial charge in [-0.1, -0.05) is 25.5 Å². The third kappa shape index (κ3) is 2.40. The number of amides is 1. The molecule has 0 unspecified atom stereocenters. The van der Waals surface area contributed by atoms with Crippen LogP contribution in [0.4, 0.5) is 0 Å². The van der Waals surface area contributed by atoms with Gasteiger partial charge in [0, 0.05) is 25.0 Å². The highest BCUT2D eigenvalue weighted by atomic mass is 16.4. The number of para-hydroxylation sites is 1. The Hall–Kier alpha value is -2.30. The molecule has 23 heavy (non-hydrogen) atoms. The van der Waals surface area contributed by atoms with Gasteiger partial charge in [0.15, 0.2) is 0 Å². The summed E-state index contributed by atoms with van der Waals surface area (Å²) in [5, 5.41) is 10.4. The molecule has 5 heteroatoms. The summed E-state index contributed by atoms with van der Waals surface area (Å²) in [6, 6.07) is 5.31. The largest absolute Gasteiger partial charge is 0.478 e. The van der Waals surface area contributed by atoms with Crippen molar-refractivity contribution in [1.82, 2.24) is 9.47 Å². The van der Waals surface area contributed by atoms with E-state index in [9.17, 15) is 14.7 Å². The summed E-state index contributed by atoms with van der Waals surface area (Å²) < 4.78 is 1.88. The lowest BCUT2D eigenvalue weighted by molar-refractivity contribution is 0.0693. The van der Waals surface area contributed by atoms with Gasteiger partial charge in [-0.3, -0.25) is 4.79 Å². The predicted molar refractivity (Wildman–Crippen MR) is 89.1 cm³/mol. The Morgan fingerprint density at radius 2 is 2.09 bits per heavy atom. The molecule has 2 heterocycles. The number of carbonyl (C=O) groups excluding carboxylic acids is 1. The topological polar surface area (TPSA) is 62.5 Å². The molecule has 2 aromatic rings. The summed E-state index contributed by atoms with van der Waals surface area (Å²) in [7, 11) is 0. The van der Waals surface area contributed by atoms with Gasteiger partial charge in [-0.2, -0.15) is 0 Å². The van der Waals surface area contributed by atoms with E-state index in [0.717, 1.165) is 36.8 Å². The van der Waals surface area contributed by atoms with E-state index in [2.05, 4.69) is 6.92 Å². The first-order valence-corrected chi connectivity index (χ1v) is 8.26. The van der Waals surface area contributed by atoms with E-state index in [0.29, 0.717) is 24.3 Å². The van der Waals surface area contributed by atoms with Gasteiger partial charge in [-0.05, 0) is 31.4 Å². The monoisotopic (exact) mass is 314 g/mol. The van der Waals surface area contributed by atoms with E-state index in [-0.39, 0.29) is 11.5 Å². The first-order valence-electron chi connectivity index (χ1n) is 8.26. The van der Waals surface area contributed by atoms with Crippen molar-refractivity contribution in [2.45, 2.75) is 39.7 Å². The summed E-state index contributed by atoms with van der Waals surface area (Å²) in [4.78, 5) is 26.4. The van der Waals surface area contributed by atoms with Crippen LogP contribution in [0.2, 0.25) is 0 Å². The van der Waals surface area contributed by atoms with Crippen molar-refractivity contribution in [3.8, 4) is 0 Å². The highest BCUT2D eigenvalue weighted by Crippen LogP contribution is 2.33. The fraction of sp³-hybridized carbons (Fsp3) is 0.444. The van der Waals surface area contributed by atoms with Crippen LogP contribution in [0.25, 0.3) is 10.9 Å². The molecule has 1 aliphatic rings. The summed E-state index contributed by atoms with van der Waals surface area (Å²) in [6.07, 6.45) is 2.84. The van der Waals surface area contributed by atoms with Crippen LogP contribution >= 0.6 is 0 Å². The number of hydrogen-bond donors (Lipinski definition) is 1. The molecule has 0 spiro atoms. The molecule has 1 N–H and O–H groups in total. The van der Waals surface area contributed by atoms with Crippen LogP contribution in [0.15, 0.2) is 18.2 Å². The lowest BCUT2D eigenvalue weighted by Crippen LogP contribution is -2.39. The highest BCUT2D eigenvalue weighted by Gasteiger charge is 2.31. The number of aryl methyl sites for hydroxylation is 1. The molecule has 3 rings (SSSR count). The minimum Gasteiger partial charge on any atom is -0.478 e. The van der Waals surface area contributed by atoms with E-state index in [4.69, 9.17) is 0 Å². The summed E-state index contributed by atoms with van der Waals surface area (Å²) in [5.41, 5.74) is 2.63. The van der Waals surface area contributed by atoms with Crippen molar-refractivity contribution in [2.24, 2.45) is 0 Å². The number of benzene rings is 1. The second-order valence-electron chi connectivity index (χ2n) is 5.97. The van der Waals surface area contributed by atoms with Gasteiger partial charge in [0.05, 0.1) is 11.1 Å². The summed E-state index contributed by atoms with van der Waals surface area (Å²) in [5.74, 6) is -0.912. The van der Waals surface area contributed by atoms with Crippen LogP contribution in [-0.4, -0.2) is 39.5 Å². The van der Waals surface area contributed by atoms with E-state index in [1.165, 1.54) is 0 Å². The maximum atomic E-state index is 12.9. The molecule has 0 fully saturated rings. The summed E-state index contributed by atoms with van der Waals surface area (Å²) >= 11 is 0. The second-order valence-corrected chi connectivity index (χ2v) is 5.97. The lowest BCUT2D eigenvalue weighted by atomic mass is 10.0. The van der Waals surface area contributed by atoms with Gasteiger partial charge in [-0.25, -0.2) is 4.79 Å². The smallest absolute Gasteiger partial charge is 0.337 e. The Balaban J connectivity index is 2.20. The number of unbranched alkanes of at least 4 members (excludes halogenated alkanes) is 1. The zero-order valence-corrected chi connectivity index (χ0v) is 13.6. The number of nitrogens with zero attached hydrogens (tertiary/aromatic N) is 2. The van der Waals surface area contributed by atoms with Gasteiger partial charge in [0.1, 0.15) is 5.69 Å². The first kappa shape index (κ1) is 15.6. The molecule has 0 atom stereocenters. The predicted octanol–water partition coefficient (Wildman–Crippen LogP) is 3.16. The second kappa shape index (κ2) is 6.07. The van der Waals surface area contributed by atoms with E-state index >= 15 is 0 Å². The molecule has 1 aliphatic heterocycles. The van der Waals surface area contributed by atoms with Crippen LogP contribution in [0.5, 0.6) is 0 Å². The van der Waals surface area contributed by atoms with Crippen LogP contribution in [0, 0.1) is 0 Å². The van der Waals surface area contributed by atoms with Crippen molar-refractivity contribution in [3.63, 3.8) is 0 Å². The molecule has 0 radical (unpaired) electrons. The van der Waals surface area contributed by atoms with Gasteiger partial charge < -0.3 is 14.6 Å². The Bertz CT molecular complexity index is 776.